The highest BCUT2D eigenvalue weighted by atomic mass is 32.2. The van der Waals surface area contributed by atoms with Crippen LogP contribution in [0.5, 0.6) is 0 Å². The van der Waals surface area contributed by atoms with E-state index < -0.39 is 0 Å². The van der Waals surface area contributed by atoms with Crippen LogP contribution in [0.3, 0.4) is 0 Å². The van der Waals surface area contributed by atoms with Gasteiger partial charge in [-0.15, -0.1) is 11.8 Å². The Morgan fingerprint density at radius 1 is 0.957 bits per heavy atom. The van der Waals surface area contributed by atoms with Crippen LogP contribution in [-0.4, -0.2) is 53.8 Å². The van der Waals surface area contributed by atoms with Gasteiger partial charge in [-0.2, -0.15) is 0 Å². The average molecular weight is 327 g/mol. The number of hydrogen-bond acceptors (Lipinski definition) is 4. The third-order valence-corrected chi connectivity index (χ3v) is 5.18. The van der Waals surface area contributed by atoms with E-state index in [1.807, 2.05) is 12.3 Å². The third-order valence-electron chi connectivity index (χ3n) is 4.44. The summed E-state index contributed by atoms with van der Waals surface area (Å²) in [5.41, 5.74) is 2.62. The van der Waals surface area contributed by atoms with E-state index >= 15 is 0 Å². The fraction of sp³-hybridized carbons (Fsp3) is 0.421. The standard InChI is InChI=1S/C19H25N3S/c1-23-19-7-5-17(6-8-19)16-22-14-12-21(13-15-22)11-9-18-4-2-3-10-20-18/h2-8,10H,9,11-16H2,1H3. The molecule has 2 heterocycles. The van der Waals surface area contributed by atoms with Gasteiger partial charge in [-0.3, -0.25) is 9.88 Å². The fourth-order valence-corrected chi connectivity index (χ4v) is 3.39. The van der Waals surface area contributed by atoms with Crippen LogP contribution in [0.15, 0.2) is 53.6 Å². The average Bonchev–Trinajstić information content (AvgIpc) is 2.63. The van der Waals surface area contributed by atoms with Crippen molar-refractivity contribution < 1.29 is 0 Å². The van der Waals surface area contributed by atoms with Gasteiger partial charge in [0, 0.05) is 62.5 Å². The first kappa shape index (κ1) is 16.5. The Kier molecular flexibility index (Phi) is 6.08. The van der Waals surface area contributed by atoms with E-state index in [4.69, 9.17) is 0 Å². The molecule has 1 aliphatic rings. The van der Waals surface area contributed by atoms with Crippen molar-refractivity contribution in [2.75, 3.05) is 39.0 Å². The van der Waals surface area contributed by atoms with Crippen molar-refractivity contribution in [3.8, 4) is 0 Å². The van der Waals surface area contributed by atoms with E-state index in [1.165, 1.54) is 16.2 Å². The molecule has 3 rings (SSSR count). The lowest BCUT2D eigenvalue weighted by atomic mass is 10.2. The Balaban J connectivity index is 1.41. The van der Waals surface area contributed by atoms with Gasteiger partial charge >= 0.3 is 0 Å². The Labute approximate surface area is 143 Å². The molecular formula is C19H25N3S. The predicted octanol–water partition coefficient (Wildman–Crippen LogP) is 3.16. The molecule has 3 nitrogen and oxygen atoms in total. The summed E-state index contributed by atoms with van der Waals surface area (Å²) in [5.74, 6) is 0. The van der Waals surface area contributed by atoms with Gasteiger partial charge in [-0.1, -0.05) is 18.2 Å². The molecule has 0 radical (unpaired) electrons. The van der Waals surface area contributed by atoms with Crippen LogP contribution in [0.2, 0.25) is 0 Å². The number of rotatable bonds is 6. The minimum absolute atomic E-state index is 1.05. The molecule has 0 N–H and O–H groups in total. The number of nitrogens with zero attached hydrogens (tertiary/aromatic N) is 3. The number of benzene rings is 1. The molecule has 2 aromatic rings. The van der Waals surface area contributed by atoms with Gasteiger partial charge in [0.25, 0.3) is 0 Å². The molecule has 1 aliphatic heterocycles. The molecule has 23 heavy (non-hydrogen) atoms. The molecule has 122 valence electrons. The number of pyridine rings is 1. The lowest BCUT2D eigenvalue weighted by Crippen LogP contribution is -2.46. The van der Waals surface area contributed by atoms with Crippen LogP contribution < -0.4 is 0 Å². The van der Waals surface area contributed by atoms with E-state index in [1.54, 1.807) is 11.8 Å². The minimum atomic E-state index is 1.05. The topological polar surface area (TPSA) is 19.4 Å². The van der Waals surface area contributed by atoms with Crippen molar-refractivity contribution >= 4 is 11.8 Å². The summed E-state index contributed by atoms with van der Waals surface area (Å²) in [4.78, 5) is 10.9. The van der Waals surface area contributed by atoms with Crippen molar-refractivity contribution in [1.82, 2.24) is 14.8 Å². The zero-order valence-electron chi connectivity index (χ0n) is 13.8. The summed E-state index contributed by atoms with van der Waals surface area (Å²) in [5, 5.41) is 0. The molecule has 0 amide bonds. The summed E-state index contributed by atoms with van der Waals surface area (Å²) in [6.45, 7) is 6.83. The molecule has 1 fully saturated rings. The molecule has 4 heteroatoms. The molecule has 1 aromatic heterocycles. The maximum Gasteiger partial charge on any atom is 0.0416 e. The summed E-state index contributed by atoms with van der Waals surface area (Å²) < 4.78 is 0. The molecule has 0 saturated carbocycles. The molecular weight excluding hydrogens is 302 g/mol. The molecule has 0 unspecified atom stereocenters. The molecule has 1 saturated heterocycles. The summed E-state index contributed by atoms with van der Waals surface area (Å²) in [7, 11) is 0. The summed E-state index contributed by atoms with van der Waals surface area (Å²) in [6, 6.07) is 15.1. The van der Waals surface area contributed by atoms with E-state index in [0.29, 0.717) is 0 Å². The Bertz CT molecular complexity index is 577. The highest BCUT2D eigenvalue weighted by Crippen LogP contribution is 2.16. The van der Waals surface area contributed by atoms with E-state index in [-0.39, 0.29) is 0 Å². The van der Waals surface area contributed by atoms with Crippen molar-refractivity contribution in [2.24, 2.45) is 0 Å². The van der Waals surface area contributed by atoms with Crippen LogP contribution in [-0.2, 0) is 13.0 Å². The van der Waals surface area contributed by atoms with Gasteiger partial charge in [-0.05, 0) is 36.1 Å². The van der Waals surface area contributed by atoms with Gasteiger partial charge in [-0.25, -0.2) is 0 Å². The molecule has 0 atom stereocenters. The lowest BCUT2D eigenvalue weighted by Gasteiger charge is -2.34. The predicted molar refractivity (Wildman–Crippen MR) is 97.9 cm³/mol. The van der Waals surface area contributed by atoms with Gasteiger partial charge in [0.15, 0.2) is 0 Å². The van der Waals surface area contributed by atoms with Gasteiger partial charge in [0.1, 0.15) is 0 Å². The zero-order chi connectivity index (χ0) is 15.9. The number of hydrogen-bond donors (Lipinski definition) is 0. The Morgan fingerprint density at radius 2 is 1.70 bits per heavy atom. The second-order valence-corrected chi connectivity index (χ2v) is 6.92. The maximum absolute atomic E-state index is 4.41. The largest absolute Gasteiger partial charge is 0.300 e. The van der Waals surface area contributed by atoms with E-state index in [2.05, 4.69) is 57.4 Å². The lowest BCUT2D eigenvalue weighted by molar-refractivity contribution is 0.128. The Hall–Kier alpha value is -1.36. The fourth-order valence-electron chi connectivity index (χ4n) is 2.98. The molecule has 1 aromatic carbocycles. The van der Waals surface area contributed by atoms with Gasteiger partial charge in [0.05, 0.1) is 0 Å². The normalized spacial score (nSPS) is 16.6. The SMILES string of the molecule is CSc1ccc(CN2CCN(CCc3ccccn3)CC2)cc1. The van der Waals surface area contributed by atoms with E-state index in [9.17, 15) is 0 Å². The monoisotopic (exact) mass is 327 g/mol. The van der Waals surface area contributed by atoms with Crippen molar-refractivity contribution in [3.05, 3.63) is 59.9 Å². The molecule has 0 spiro atoms. The van der Waals surface area contributed by atoms with Gasteiger partial charge in [0.2, 0.25) is 0 Å². The summed E-state index contributed by atoms with van der Waals surface area (Å²) >= 11 is 1.80. The number of aromatic nitrogens is 1. The second kappa shape index (κ2) is 8.48. The van der Waals surface area contributed by atoms with Crippen LogP contribution in [0.25, 0.3) is 0 Å². The quantitative estimate of drug-likeness (QED) is 0.759. The maximum atomic E-state index is 4.41. The van der Waals surface area contributed by atoms with Crippen LogP contribution in [0.1, 0.15) is 11.3 Å². The Morgan fingerprint density at radius 3 is 2.35 bits per heavy atom. The van der Waals surface area contributed by atoms with Crippen LogP contribution >= 0.6 is 11.8 Å². The first-order chi connectivity index (χ1) is 11.3. The first-order valence-corrected chi connectivity index (χ1v) is 9.53. The van der Waals surface area contributed by atoms with Crippen molar-refractivity contribution in [1.29, 1.82) is 0 Å². The van der Waals surface area contributed by atoms with Crippen LogP contribution in [0, 0.1) is 0 Å². The highest BCUT2D eigenvalue weighted by molar-refractivity contribution is 7.98. The highest BCUT2D eigenvalue weighted by Gasteiger charge is 2.16. The molecule has 0 aliphatic carbocycles. The van der Waals surface area contributed by atoms with E-state index in [0.717, 1.165) is 45.7 Å². The smallest absolute Gasteiger partial charge is 0.0416 e. The minimum Gasteiger partial charge on any atom is -0.300 e. The second-order valence-electron chi connectivity index (χ2n) is 6.04. The van der Waals surface area contributed by atoms with Crippen molar-refractivity contribution in [3.63, 3.8) is 0 Å². The van der Waals surface area contributed by atoms with Gasteiger partial charge < -0.3 is 4.90 Å². The number of thioether (sulfide) groups is 1. The number of piperazine rings is 1. The van der Waals surface area contributed by atoms with Crippen LogP contribution in [0.4, 0.5) is 0 Å². The summed E-state index contributed by atoms with van der Waals surface area (Å²) in [6.07, 6.45) is 5.06. The van der Waals surface area contributed by atoms with Crippen molar-refractivity contribution in [2.45, 2.75) is 17.9 Å². The third kappa shape index (κ3) is 5.06. The zero-order valence-corrected chi connectivity index (χ0v) is 14.6. The molecule has 0 bridgehead atoms. The first-order valence-electron chi connectivity index (χ1n) is 8.31.